The Morgan fingerprint density at radius 1 is 0.484 bits per heavy atom. The number of carbonyl (C=O) groups excluding carboxylic acids is 11. The van der Waals surface area contributed by atoms with Crippen LogP contribution in [0.5, 0.6) is 0 Å². The van der Waals surface area contributed by atoms with Crippen LogP contribution in [0.25, 0.3) is 0 Å². The van der Waals surface area contributed by atoms with Gasteiger partial charge in [0.2, 0.25) is 11.8 Å². The first-order chi connectivity index (χ1) is 43.2. The lowest BCUT2D eigenvalue weighted by Gasteiger charge is -2.27. The van der Waals surface area contributed by atoms with E-state index in [-0.39, 0.29) is 69.4 Å². The van der Waals surface area contributed by atoms with Crippen LogP contribution in [0.3, 0.4) is 0 Å². The molecule has 30 heteroatoms. The van der Waals surface area contributed by atoms with E-state index in [4.69, 9.17) is 33.2 Å². The molecular formula is C65H106N10O20. The monoisotopic (exact) mass is 1350 g/mol. The summed E-state index contributed by atoms with van der Waals surface area (Å²) in [5.41, 5.74) is -6.07. The molecule has 0 saturated heterocycles. The number of ketones is 1. The van der Waals surface area contributed by atoms with Gasteiger partial charge in [-0.15, -0.1) is 0 Å². The van der Waals surface area contributed by atoms with Gasteiger partial charge in [-0.3, -0.25) is 38.5 Å². The summed E-state index contributed by atoms with van der Waals surface area (Å²) in [5.74, 6) is -7.34. The highest BCUT2D eigenvalue weighted by Gasteiger charge is 2.35. The van der Waals surface area contributed by atoms with Crippen LogP contribution >= 0.6 is 0 Å². The zero-order valence-electron chi connectivity index (χ0n) is 59.7. The van der Waals surface area contributed by atoms with Crippen LogP contribution in [0, 0.1) is 5.41 Å². The standard InChI is InChI=1S/C65H106N10O20/c1-59(2,3)32-42(76)25-26-44(55(85)94-64(16,17)18)68-57(87)69-45(56(86)95-65(19,20)21)41-89-58(88)70-43(54(83)84)24-22-23-29-71(33-46-66-27-30-72(46)35-48(77)74(37-50(79)90-60(4,5)6)38-51(80)91-61(7,8)9)34-47-67-28-31-73(47)36-49(78)75(39-52(81)92-62(10,11)12)40-53(82)93-63(13,14)15/h27-28,30-31,43-45H,22-26,29,32-41H2,1-21H3,(H,70,88)(H,83,84)(H2,68,69,87)/t43-,44-,45-/m0/s1. The van der Waals surface area contributed by atoms with Gasteiger partial charge in [0.25, 0.3) is 0 Å². The Kier molecular flexibility index (Phi) is 31.0. The fourth-order valence-electron chi connectivity index (χ4n) is 8.75. The molecule has 0 bridgehead atoms. The van der Waals surface area contributed by atoms with E-state index in [2.05, 4.69) is 25.9 Å². The molecule has 0 aliphatic carbocycles. The first-order valence-corrected chi connectivity index (χ1v) is 31.6. The zero-order chi connectivity index (χ0) is 72.8. The van der Waals surface area contributed by atoms with Crippen molar-refractivity contribution < 1.29 is 95.8 Å². The minimum absolute atomic E-state index is 0.0286. The maximum Gasteiger partial charge on any atom is 0.407 e. The lowest BCUT2D eigenvalue weighted by atomic mass is 9.88. The number of unbranched alkanes of at least 4 members (excludes halogenated alkanes) is 1. The lowest BCUT2D eigenvalue weighted by Crippen LogP contribution is -2.54. The molecule has 0 fully saturated rings. The molecule has 5 amide bonds. The van der Waals surface area contributed by atoms with Crippen LogP contribution in [0.2, 0.25) is 0 Å². The van der Waals surface area contributed by atoms with Crippen molar-refractivity contribution in [2.24, 2.45) is 5.41 Å². The van der Waals surface area contributed by atoms with Crippen LogP contribution in [-0.4, -0.2) is 201 Å². The zero-order valence-corrected chi connectivity index (χ0v) is 59.7. The maximum atomic E-state index is 14.1. The van der Waals surface area contributed by atoms with Crippen LogP contribution in [-0.2, 0) is 107 Å². The quantitative estimate of drug-likeness (QED) is 0.0364. The summed E-state index contributed by atoms with van der Waals surface area (Å²) < 4.78 is 41.2. The van der Waals surface area contributed by atoms with Crippen molar-refractivity contribution in [1.82, 2.24) is 49.8 Å². The number of carboxylic acids is 1. The van der Waals surface area contributed by atoms with Crippen molar-refractivity contribution in [3.05, 3.63) is 36.4 Å². The van der Waals surface area contributed by atoms with Crippen LogP contribution in [0.15, 0.2) is 24.8 Å². The second kappa shape index (κ2) is 35.5. The number of carbonyl (C=O) groups is 12. The Morgan fingerprint density at radius 3 is 1.21 bits per heavy atom. The van der Waals surface area contributed by atoms with Crippen molar-refractivity contribution in [2.45, 2.75) is 262 Å². The van der Waals surface area contributed by atoms with Gasteiger partial charge in [-0.1, -0.05) is 20.8 Å². The first-order valence-electron chi connectivity index (χ1n) is 31.6. The number of Topliss-reactive ketones (excluding diaryl/α,β-unsaturated/α-hetero) is 1. The molecule has 2 heterocycles. The second-order valence-electron chi connectivity index (χ2n) is 30.2. The SMILES string of the molecule is CC(C)(C)CC(=O)CC[C@H](NC(=O)N[C@@H](COC(=O)N[C@@H](CCCCN(Cc1nccn1CC(=O)N(CC(=O)OC(C)(C)C)CC(=O)OC(C)(C)C)Cc1nccn1CC(=O)N(CC(=O)OC(C)(C)C)CC(=O)OC(C)(C)C)C(=O)O)C(=O)OC(C)(C)C)C(=O)OC(C)(C)C. The van der Waals surface area contributed by atoms with E-state index >= 15 is 0 Å². The Labute approximate surface area is 558 Å². The molecule has 3 atom stereocenters. The number of aromatic nitrogens is 4. The highest BCUT2D eigenvalue weighted by atomic mass is 16.6. The van der Waals surface area contributed by atoms with Gasteiger partial charge >= 0.3 is 53.9 Å². The average Bonchev–Trinajstić information content (AvgIpc) is 1.79. The normalized spacial score (nSPS) is 13.2. The van der Waals surface area contributed by atoms with Gasteiger partial charge in [0.05, 0.1) is 13.1 Å². The van der Waals surface area contributed by atoms with Gasteiger partial charge in [-0.05, 0) is 162 Å². The summed E-state index contributed by atoms with van der Waals surface area (Å²) in [4.78, 5) is 173. The molecule has 536 valence electrons. The third kappa shape index (κ3) is 36.9. The van der Waals surface area contributed by atoms with Crippen molar-refractivity contribution in [3.63, 3.8) is 0 Å². The molecular weight excluding hydrogens is 1240 g/mol. The molecule has 0 spiro atoms. The van der Waals surface area contributed by atoms with E-state index in [9.17, 15) is 62.6 Å². The number of carboxylic acid groups (broad SMARTS) is 1. The number of amides is 5. The van der Waals surface area contributed by atoms with Gasteiger partial charge in [-0.2, -0.15) is 0 Å². The molecule has 0 aliphatic heterocycles. The van der Waals surface area contributed by atoms with Crippen LogP contribution in [0.1, 0.15) is 196 Å². The number of rotatable bonds is 33. The number of aliphatic carboxylic acids is 1. The van der Waals surface area contributed by atoms with Crippen molar-refractivity contribution in [1.29, 1.82) is 0 Å². The summed E-state index contributed by atoms with van der Waals surface area (Å²) in [7, 11) is 0. The van der Waals surface area contributed by atoms with Crippen LogP contribution < -0.4 is 16.0 Å². The molecule has 4 N–H and O–H groups in total. The Hall–Kier alpha value is -8.18. The highest BCUT2D eigenvalue weighted by Crippen LogP contribution is 2.22. The number of hydrogen-bond donors (Lipinski definition) is 4. The number of nitrogens with zero attached hydrogens (tertiary/aromatic N) is 7. The summed E-state index contributed by atoms with van der Waals surface area (Å²) >= 11 is 0. The Balaban J connectivity index is 2.50. The Bertz CT molecular complexity index is 2780. The van der Waals surface area contributed by atoms with Crippen molar-refractivity contribution in [3.8, 4) is 0 Å². The van der Waals surface area contributed by atoms with Gasteiger partial charge in [0.15, 0.2) is 6.04 Å². The molecule has 95 heavy (non-hydrogen) atoms. The first kappa shape index (κ1) is 82.9. The van der Waals surface area contributed by atoms with E-state index in [0.29, 0.717) is 11.6 Å². The fourth-order valence-corrected chi connectivity index (χ4v) is 8.75. The number of nitrogens with one attached hydrogen (secondary N) is 3. The van der Waals surface area contributed by atoms with E-state index < -0.39 is 163 Å². The van der Waals surface area contributed by atoms with E-state index in [1.165, 1.54) is 33.9 Å². The topological polar surface area (TPSA) is 371 Å². The molecule has 2 aromatic heterocycles. The number of hydrogen-bond acceptors (Lipinski definition) is 22. The minimum Gasteiger partial charge on any atom is -0.480 e. The number of esters is 6. The van der Waals surface area contributed by atoms with Gasteiger partial charge in [0.1, 0.15) is 109 Å². The van der Waals surface area contributed by atoms with E-state index in [1.807, 2.05) is 25.7 Å². The van der Waals surface area contributed by atoms with Crippen molar-refractivity contribution in [2.75, 3.05) is 39.3 Å². The van der Waals surface area contributed by atoms with Crippen LogP contribution in [0.4, 0.5) is 9.59 Å². The number of imidazole rings is 2. The van der Waals surface area contributed by atoms with Crippen molar-refractivity contribution >= 4 is 71.5 Å². The minimum atomic E-state index is -1.69. The largest absolute Gasteiger partial charge is 0.480 e. The molecule has 0 saturated carbocycles. The molecule has 2 aromatic rings. The average molecular weight is 1350 g/mol. The number of ether oxygens (including phenoxy) is 7. The van der Waals surface area contributed by atoms with Gasteiger partial charge in [0, 0.05) is 37.6 Å². The molecule has 30 nitrogen and oxygen atoms in total. The molecule has 0 unspecified atom stereocenters. The molecule has 2 rings (SSSR count). The molecule has 0 aromatic carbocycles. The van der Waals surface area contributed by atoms with E-state index in [1.54, 1.807) is 125 Å². The predicted molar refractivity (Wildman–Crippen MR) is 344 cm³/mol. The summed E-state index contributed by atoms with van der Waals surface area (Å²) in [6.07, 6.45) is 4.77. The third-order valence-corrected chi connectivity index (χ3v) is 12.2. The third-order valence-electron chi connectivity index (χ3n) is 12.2. The van der Waals surface area contributed by atoms with Gasteiger partial charge < -0.3 is 73.1 Å². The van der Waals surface area contributed by atoms with E-state index in [0.717, 1.165) is 9.80 Å². The second-order valence-corrected chi connectivity index (χ2v) is 30.2. The summed E-state index contributed by atoms with van der Waals surface area (Å²) in [6.45, 7) is 31.0. The van der Waals surface area contributed by atoms with Gasteiger partial charge in [-0.25, -0.2) is 33.9 Å². The predicted octanol–water partition coefficient (Wildman–Crippen LogP) is 5.96. The fraction of sp³-hybridized carbons (Fsp3) is 0.723. The molecule has 0 aliphatic rings. The maximum absolute atomic E-state index is 14.1. The number of alkyl carbamates (subject to hydrolysis) is 1. The summed E-state index contributed by atoms with van der Waals surface area (Å²) in [6, 6.07) is -5.68. The Morgan fingerprint density at radius 2 is 0.853 bits per heavy atom. The smallest absolute Gasteiger partial charge is 0.407 e. The summed E-state index contributed by atoms with van der Waals surface area (Å²) in [5, 5.41) is 17.4. The number of urea groups is 1. The lowest BCUT2D eigenvalue weighted by molar-refractivity contribution is -0.165. The highest BCUT2D eigenvalue weighted by molar-refractivity contribution is 5.89. The molecule has 0 radical (unpaired) electrons.